The van der Waals surface area contributed by atoms with Crippen molar-refractivity contribution in [3.05, 3.63) is 77.2 Å². The highest BCUT2D eigenvalue weighted by molar-refractivity contribution is 5.68. The van der Waals surface area contributed by atoms with Crippen molar-refractivity contribution in [3.8, 4) is 11.1 Å². The zero-order chi connectivity index (χ0) is 23.4. The Labute approximate surface area is 190 Å². The molecule has 2 aromatic heterocycles. The van der Waals surface area contributed by atoms with E-state index in [0.29, 0.717) is 6.54 Å². The van der Waals surface area contributed by atoms with Gasteiger partial charge in [-0.15, -0.1) is 10.2 Å². The number of fused-ring (bicyclic) bond motifs is 1. The van der Waals surface area contributed by atoms with Gasteiger partial charge in [-0.2, -0.15) is 0 Å². The van der Waals surface area contributed by atoms with Crippen LogP contribution in [0.1, 0.15) is 38.1 Å². The molecular formula is C26H34FN5. The second-order valence-electron chi connectivity index (χ2n) is 8.89. The van der Waals surface area contributed by atoms with Gasteiger partial charge in [0, 0.05) is 26.0 Å². The minimum Gasteiger partial charge on any atom is -0.381 e. The summed E-state index contributed by atoms with van der Waals surface area (Å²) in [6.45, 7) is 9.02. The van der Waals surface area contributed by atoms with Crippen molar-refractivity contribution in [2.45, 2.75) is 39.7 Å². The molecule has 0 amide bonds. The minimum absolute atomic E-state index is 0.206. The fraction of sp³-hybridized carbons (Fsp3) is 0.385. The number of pyridine rings is 1. The highest BCUT2D eigenvalue weighted by atomic mass is 19.1. The first-order valence-corrected chi connectivity index (χ1v) is 11.0. The maximum Gasteiger partial charge on any atom is 0.160 e. The Bertz CT molecular complexity index is 1140. The average molecular weight is 436 g/mol. The van der Waals surface area contributed by atoms with E-state index in [1.807, 2.05) is 36.7 Å². The minimum atomic E-state index is -0.206. The van der Waals surface area contributed by atoms with Crippen LogP contribution in [0.4, 0.5) is 4.39 Å². The summed E-state index contributed by atoms with van der Waals surface area (Å²) in [5.41, 5.74) is 7.48. The largest absolute Gasteiger partial charge is 0.381 e. The lowest BCUT2D eigenvalue weighted by molar-refractivity contribution is 0.388. The summed E-state index contributed by atoms with van der Waals surface area (Å²) in [7, 11) is 8.12. The molecule has 0 saturated heterocycles. The monoisotopic (exact) mass is 435 g/mol. The fourth-order valence-electron chi connectivity index (χ4n) is 3.97. The molecule has 6 heteroatoms. The number of hydrogen-bond donors (Lipinski definition) is 0. The van der Waals surface area contributed by atoms with E-state index < -0.39 is 0 Å². The summed E-state index contributed by atoms with van der Waals surface area (Å²) in [4.78, 5) is 4.19. The maximum atomic E-state index is 14.2. The Balaban J connectivity index is 1.90. The third kappa shape index (κ3) is 5.43. The molecule has 5 nitrogen and oxygen atoms in total. The normalized spacial score (nSPS) is 12.4. The van der Waals surface area contributed by atoms with Gasteiger partial charge in [0.15, 0.2) is 11.5 Å². The van der Waals surface area contributed by atoms with Gasteiger partial charge >= 0.3 is 0 Å². The van der Waals surface area contributed by atoms with Crippen LogP contribution in [0.25, 0.3) is 16.8 Å². The van der Waals surface area contributed by atoms with E-state index >= 15 is 0 Å². The molecule has 32 heavy (non-hydrogen) atoms. The molecule has 0 aliphatic heterocycles. The summed E-state index contributed by atoms with van der Waals surface area (Å²) >= 11 is 0. The topological polar surface area (TPSA) is 36.7 Å². The summed E-state index contributed by atoms with van der Waals surface area (Å²) in [5.74, 6) is 0.675. The van der Waals surface area contributed by atoms with Crippen LogP contribution in [-0.2, 0) is 13.0 Å². The van der Waals surface area contributed by atoms with Crippen LogP contribution < -0.4 is 0 Å². The van der Waals surface area contributed by atoms with Gasteiger partial charge in [-0.1, -0.05) is 18.2 Å². The number of nitrogens with zero attached hydrogens (tertiary/aromatic N) is 5. The predicted octanol–water partition coefficient (Wildman–Crippen LogP) is 5.33. The Morgan fingerprint density at radius 2 is 1.81 bits per heavy atom. The lowest BCUT2D eigenvalue weighted by Gasteiger charge is -2.19. The zero-order valence-electron chi connectivity index (χ0n) is 20.1. The molecule has 1 aromatic carbocycles. The van der Waals surface area contributed by atoms with Gasteiger partial charge in [-0.25, -0.2) is 4.39 Å². The summed E-state index contributed by atoms with van der Waals surface area (Å²) < 4.78 is 16.2. The van der Waals surface area contributed by atoms with Gasteiger partial charge in [-0.05, 0) is 93.7 Å². The molecule has 0 spiro atoms. The van der Waals surface area contributed by atoms with Crippen molar-refractivity contribution in [1.82, 2.24) is 24.4 Å². The van der Waals surface area contributed by atoms with Gasteiger partial charge in [0.25, 0.3) is 0 Å². The third-order valence-electron chi connectivity index (χ3n) is 5.80. The van der Waals surface area contributed by atoms with E-state index in [2.05, 4.69) is 60.7 Å². The molecule has 0 aliphatic rings. The Hall–Kier alpha value is -2.99. The first-order chi connectivity index (χ1) is 15.2. The van der Waals surface area contributed by atoms with Gasteiger partial charge in [-0.3, -0.25) is 4.40 Å². The second kappa shape index (κ2) is 10.1. The van der Waals surface area contributed by atoms with Crippen molar-refractivity contribution in [3.63, 3.8) is 0 Å². The highest BCUT2D eigenvalue weighted by Gasteiger charge is 2.12. The van der Waals surface area contributed by atoms with Crippen LogP contribution >= 0.6 is 0 Å². The van der Waals surface area contributed by atoms with Gasteiger partial charge in [0.1, 0.15) is 5.82 Å². The van der Waals surface area contributed by atoms with Crippen LogP contribution in [-0.4, -0.2) is 52.6 Å². The molecule has 2 heterocycles. The number of allylic oxidation sites excluding steroid dienone is 3. The molecule has 3 rings (SSSR count). The molecule has 0 atom stereocenters. The van der Waals surface area contributed by atoms with Crippen LogP contribution in [0.15, 0.2) is 60.0 Å². The van der Waals surface area contributed by atoms with Crippen molar-refractivity contribution >= 4 is 5.65 Å². The number of halogens is 1. The summed E-state index contributed by atoms with van der Waals surface area (Å²) in [6, 6.07) is 9.08. The van der Waals surface area contributed by atoms with Gasteiger partial charge < -0.3 is 9.80 Å². The Morgan fingerprint density at radius 1 is 1.06 bits per heavy atom. The van der Waals surface area contributed by atoms with E-state index in [0.717, 1.165) is 53.0 Å². The fourth-order valence-corrected chi connectivity index (χ4v) is 3.97. The number of benzene rings is 1. The van der Waals surface area contributed by atoms with Crippen LogP contribution in [0, 0.1) is 5.82 Å². The first kappa shape index (κ1) is 23.7. The quantitative estimate of drug-likeness (QED) is 0.426. The number of aromatic nitrogens is 3. The summed E-state index contributed by atoms with van der Waals surface area (Å²) in [6.07, 6.45) is 4.67. The molecule has 170 valence electrons. The summed E-state index contributed by atoms with van der Waals surface area (Å²) in [5, 5.41) is 8.59. The number of aryl methyl sites for hydroxylation is 1. The van der Waals surface area contributed by atoms with Crippen molar-refractivity contribution < 1.29 is 4.39 Å². The molecule has 0 saturated carbocycles. The number of rotatable bonds is 9. The zero-order valence-corrected chi connectivity index (χ0v) is 20.1. The van der Waals surface area contributed by atoms with E-state index in [1.54, 1.807) is 6.07 Å². The van der Waals surface area contributed by atoms with Crippen LogP contribution in [0.2, 0.25) is 0 Å². The molecular weight excluding hydrogens is 401 g/mol. The first-order valence-electron chi connectivity index (χ1n) is 11.0. The number of hydrogen-bond acceptors (Lipinski definition) is 4. The molecule has 0 fully saturated rings. The van der Waals surface area contributed by atoms with Gasteiger partial charge in [0.05, 0.1) is 6.54 Å². The molecule has 3 aromatic rings. The molecule has 0 unspecified atom stereocenters. The van der Waals surface area contributed by atoms with Crippen molar-refractivity contribution in [2.24, 2.45) is 0 Å². The SMILES string of the molecule is C=C(C)/C(CCCc1cc(F)ccc1-c1ccc2nnc(CN(C)C)n2c1)=C(/C)N(C)C. The molecule has 0 radical (unpaired) electrons. The molecule has 0 bridgehead atoms. The third-order valence-corrected chi connectivity index (χ3v) is 5.80. The Kier molecular flexibility index (Phi) is 7.46. The predicted molar refractivity (Wildman–Crippen MR) is 130 cm³/mol. The van der Waals surface area contributed by atoms with E-state index in [-0.39, 0.29) is 5.82 Å². The van der Waals surface area contributed by atoms with Gasteiger partial charge in [0.2, 0.25) is 0 Å². The standard InChI is InChI=1S/C26H34FN5/c1-18(2)23(19(3)31(6)7)10-8-9-20-15-22(27)12-13-24(20)21-11-14-25-28-29-26(17-30(4)5)32(25)16-21/h11-16H,1,8-10,17H2,2-7H3/b23-19-. The molecule has 0 N–H and O–H groups in total. The van der Waals surface area contributed by atoms with E-state index in [1.165, 1.54) is 17.3 Å². The van der Waals surface area contributed by atoms with E-state index in [9.17, 15) is 4.39 Å². The van der Waals surface area contributed by atoms with Crippen LogP contribution in [0.3, 0.4) is 0 Å². The lowest BCUT2D eigenvalue weighted by atomic mass is 9.94. The maximum absolute atomic E-state index is 14.2. The van der Waals surface area contributed by atoms with Crippen molar-refractivity contribution in [2.75, 3.05) is 28.2 Å². The highest BCUT2D eigenvalue weighted by Crippen LogP contribution is 2.28. The van der Waals surface area contributed by atoms with Crippen LogP contribution in [0.5, 0.6) is 0 Å². The van der Waals surface area contributed by atoms with Crippen molar-refractivity contribution in [1.29, 1.82) is 0 Å². The lowest BCUT2D eigenvalue weighted by Crippen LogP contribution is -2.13. The second-order valence-corrected chi connectivity index (χ2v) is 8.89. The van der Waals surface area contributed by atoms with E-state index in [4.69, 9.17) is 0 Å². The smallest absolute Gasteiger partial charge is 0.160 e. The Morgan fingerprint density at radius 3 is 2.47 bits per heavy atom. The molecule has 0 aliphatic carbocycles. The average Bonchev–Trinajstić information content (AvgIpc) is 3.12.